The maximum absolute atomic E-state index is 5.74. The third kappa shape index (κ3) is 8.84. The Bertz CT molecular complexity index is 465. The lowest BCUT2D eigenvalue weighted by molar-refractivity contribution is 0.0420. The summed E-state index contributed by atoms with van der Waals surface area (Å²) in [6, 6.07) is 4.34. The summed E-state index contributed by atoms with van der Waals surface area (Å²) in [5.41, 5.74) is 0. The van der Waals surface area contributed by atoms with Crippen LogP contribution in [-0.4, -0.2) is 52.0 Å². The smallest absolute Gasteiger partial charge is 0.190 e. The number of guanidine groups is 1. The van der Waals surface area contributed by atoms with Gasteiger partial charge >= 0.3 is 0 Å². The van der Waals surface area contributed by atoms with Crippen LogP contribution < -0.4 is 10.6 Å². The van der Waals surface area contributed by atoms with Crippen molar-refractivity contribution >= 4 is 63.9 Å². The Morgan fingerprint density at radius 2 is 2.26 bits per heavy atom. The molecule has 1 aromatic rings. The molecule has 0 aliphatic carbocycles. The Labute approximate surface area is 173 Å². The lowest BCUT2D eigenvalue weighted by Crippen LogP contribution is -2.39. The molecule has 1 aliphatic rings. The first-order valence-electron chi connectivity index (χ1n) is 7.66. The lowest BCUT2D eigenvalue weighted by Gasteiger charge is -2.13. The van der Waals surface area contributed by atoms with Crippen molar-refractivity contribution in [3.8, 4) is 0 Å². The van der Waals surface area contributed by atoms with E-state index in [1.807, 2.05) is 11.3 Å². The Hall–Kier alpha value is 0.350. The van der Waals surface area contributed by atoms with Crippen LogP contribution in [0.3, 0.4) is 0 Å². The molecular formula is C15H25I2N3O2S. The van der Waals surface area contributed by atoms with Crippen LogP contribution in [-0.2, 0) is 15.9 Å². The highest BCUT2D eigenvalue weighted by Gasteiger charge is 2.15. The van der Waals surface area contributed by atoms with Crippen molar-refractivity contribution in [2.24, 2.45) is 4.99 Å². The molecule has 1 unspecified atom stereocenters. The summed E-state index contributed by atoms with van der Waals surface area (Å²) in [6.45, 7) is 4.11. The predicted molar refractivity (Wildman–Crippen MR) is 115 cm³/mol. The summed E-state index contributed by atoms with van der Waals surface area (Å²) in [6.07, 6.45) is 3.32. The summed E-state index contributed by atoms with van der Waals surface area (Å²) < 4.78 is 12.4. The Morgan fingerprint density at radius 3 is 2.91 bits per heavy atom. The minimum atomic E-state index is 0. The molecule has 2 rings (SSSR count). The molecule has 8 heteroatoms. The van der Waals surface area contributed by atoms with Gasteiger partial charge in [-0.05, 0) is 54.0 Å². The summed E-state index contributed by atoms with van der Waals surface area (Å²) >= 11 is 4.20. The molecule has 1 aromatic heterocycles. The first-order valence-corrected chi connectivity index (χ1v) is 9.55. The van der Waals surface area contributed by atoms with Crippen molar-refractivity contribution in [3.63, 3.8) is 0 Å². The van der Waals surface area contributed by atoms with Crippen LogP contribution in [0.1, 0.15) is 17.7 Å². The first-order chi connectivity index (χ1) is 10.8. The van der Waals surface area contributed by atoms with Crippen molar-refractivity contribution in [1.29, 1.82) is 0 Å². The highest BCUT2D eigenvalue weighted by atomic mass is 127. The number of ether oxygens (including phenoxy) is 2. The second-order valence-corrected chi connectivity index (χ2v) is 8.15. The molecule has 0 radical (unpaired) electrons. The van der Waals surface area contributed by atoms with E-state index in [0.717, 1.165) is 58.1 Å². The van der Waals surface area contributed by atoms with E-state index in [-0.39, 0.29) is 24.0 Å². The van der Waals surface area contributed by atoms with Crippen LogP contribution in [0.4, 0.5) is 0 Å². The average molecular weight is 565 g/mol. The van der Waals surface area contributed by atoms with Gasteiger partial charge in [0.05, 0.1) is 15.6 Å². The van der Waals surface area contributed by atoms with Gasteiger partial charge in [-0.25, -0.2) is 0 Å². The Morgan fingerprint density at radius 1 is 1.43 bits per heavy atom. The molecule has 0 saturated carbocycles. The molecule has 0 amide bonds. The SMILES string of the molecule is CN=C(NCCCOC1CCOC1)NCCc1ccc(I)s1.I. The summed E-state index contributed by atoms with van der Waals surface area (Å²) in [7, 11) is 1.80. The number of halogens is 2. The van der Waals surface area contributed by atoms with Gasteiger partial charge in [0.2, 0.25) is 0 Å². The largest absolute Gasteiger partial charge is 0.379 e. The molecule has 1 saturated heterocycles. The third-order valence-corrected chi connectivity index (χ3v) is 5.32. The molecule has 132 valence electrons. The van der Waals surface area contributed by atoms with Gasteiger partial charge in [-0.15, -0.1) is 35.3 Å². The summed E-state index contributed by atoms with van der Waals surface area (Å²) in [4.78, 5) is 5.64. The van der Waals surface area contributed by atoms with E-state index in [1.165, 1.54) is 7.76 Å². The zero-order chi connectivity index (χ0) is 15.6. The highest BCUT2D eigenvalue weighted by molar-refractivity contribution is 14.1. The molecule has 23 heavy (non-hydrogen) atoms. The van der Waals surface area contributed by atoms with Crippen molar-refractivity contribution in [2.45, 2.75) is 25.4 Å². The van der Waals surface area contributed by atoms with Gasteiger partial charge in [-0.1, -0.05) is 0 Å². The molecule has 1 aliphatic heterocycles. The minimum absolute atomic E-state index is 0. The van der Waals surface area contributed by atoms with Crippen LogP contribution in [0.2, 0.25) is 0 Å². The number of hydrogen-bond acceptors (Lipinski definition) is 4. The fraction of sp³-hybridized carbons (Fsp3) is 0.667. The number of nitrogens with one attached hydrogen (secondary N) is 2. The van der Waals surface area contributed by atoms with E-state index in [0.29, 0.717) is 6.10 Å². The van der Waals surface area contributed by atoms with Gasteiger partial charge < -0.3 is 20.1 Å². The number of rotatable bonds is 8. The topological polar surface area (TPSA) is 54.9 Å². The lowest BCUT2D eigenvalue weighted by atomic mass is 10.3. The van der Waals surface area contributed by atoms with Gasteiger partial charge in [0, 0.05) is 38.2 Å². The monoisotopic (exact) mass is 565 g/mol. The van der Waals surface area contributed by atoms with E-state index in [1.54, 1.807) is 7.05 Å². The molecule has 5 nitrogen and oxygen atoms in total. The fourth-order valence-electron chi connectivity index (χ4n) is 2.18. The fourth-order valence-corrected chi connectivity index (χ4v) is 3.94. The van der Waals surface area contributed by atoms with Crippen LogP contribution in [0.15, 0.2) is 17.1 Å². The van der Waals surface area contributed by atoms with Gasteiger partial charge in [0.25, 0.3) is 0 Å². The molecule has 0 spiro atoms. The van der Waals surface area contributed by atoms with Crippen molar-refractivity contribution < 1.29 is 9.47 Å². The standard InChI is InChI=1S/C15H24IN3O2S.HI/c1-17-15(19-8-5-13-3-4-14(16)22-13)18-7-2-9-21-12-6-10-20-11-12;/h3-4,12H,2,5-11H2,1H3,(H2,17,18,19);1H. The van der Waals surface area contributed by atoms with E-state index >= 15 is 0 Å². The Balaban J connectivity index is 0.00000264. The number of aliphatic imine (C=N–C) groups is 1. The minimum Gasteiger partial charge on any atom is -0.379 e. The van der Waals surface area contributed by atoms with Crippen LogP contribution in [0, 0.1) is 2.88 Å². The quantitative estimate of drug-likeness (QED) is 0.221. The van der Waals surface area contributed by atoms with Crippen molar-refractivity contribution in [3.05, 3.63) is 19.9 Å². The zero-order valence-electron chi connectivity index (χ0n) is 13.3. The Kier molecular flexibility index (Phi) is 11.8. The van der Waals surface area contributed by atoms with E-state index in [9.17, 15) is 0 Å². The van der Waals surface area contributed by atoms with Crippen LogP contribution >= 0.6 is 57.9 Å². The molecule has 0 bridgehead atoms. The third-order valence-electron chi connectivity index (χ3n) is 3.37. The molecule has 1 fully saturated rings. The molecule has 2 heterocycles. The van der Waals surface area contributed by atoms with E-state index in [2.05, 4.69) is 50.3 Å². The average Bonchev–Trinajstić information content (AvgIpc) is 3.17. The van der Waals surface area contributed by atoms with Crippen molar-refractivity contribution in [2.75, 3.05) is 40.0 Å². The summed E-state index contributed by atoms with van der Waals surface area (Å²) in [5.74, 6) is 0.857. The maximum Gasteiger partial charge on any atom is 0.190 e. The van der Waals surface area contributed by atoms with Crippen LogP contribution in [0.5, 0.6) is 0 Å². The van der Waals surface area contributed by atoms with E-state index in [4.69, 9.17) is 9.47 Å². The maximum atomic E-state index is 5.74. The van der Waals surface area contributed by atoms with Gasteiger partial charge in [-0.3, -0.25) is 4.99 Å². The number of thiophene rings is 1. The second-order valence-electron chi connectivity index (χ2n) is 5.09. The molecule has 0 aromatic carbocycles. The second kappa shape index (κ2) is 12.7. The summed E-state index contributed by atoms with van der Waals surface area (Å²) in [5, 5.41) is 6.66. The van der Waals surface area contributed by atoms with Gasteiger partial charge in [0.15, 0.2) is 5.96 Å². The van der Waals surface area contributed by atoms with Crippen LogP contribution in [0.25, 0.3) is 0 Å². The molecular weight excluding hydrogens is 540 g/mol. The number of hydrogen-bond donors (Lipinski definition) is 2. The first kappa shape index (κ1) is 21.4. The number of nitrogens with zero attached hydrogens (tertiary/aromatic N) is 1. The molecule has 2 N–H and O–H groups in total. The van der Waals surface area contributed by atoms with E-state index < -0.39 is 0 Å². The van der Waals surface area contributed by atoms with Crippen molar-refractivity contribution in [1.82, 2.24) is 10.6 Å². The van der Waals surface area contributed by atoms with Gasteiger partial charge in [0.1, 0.15) is 0 Å². The van der Waals surface area contributed by atoms with Gasteiger partial charge in [-0.2, -0.15) is 0 Å². The normalized spacial score (nSPS) is 17.8. The zero-order valence-corrected chi connectivity index (χ0v) is 18.7. The predicted octanol–water partition coefficient (Wildman–Crippen LogP) is 2.87. The molecule has 1 atom stereocenters. The highest BCUT2D eigenvalue weighted by Crippen LogP contribution is 2.18.